The summed E-state index contributed by atoms with van der Waals surface area (Å²) in [5.74, 6) is -1.84. The van der Waals surface area contributed by atoms with Crippen LogP contribution in [0.4, 0.5) is 5.69 Å². The van der Waals surface area contributed by atoms with E-state index in [1.165, 1.54) is 6.26 Å². The maximum Gasteiger partial charge on any atom is 0.383 e. The van der Waals surface area contributed by atoms with Crippen LogP contribution in [-0.2, 0) is 9.53 Å². The number of aliphatic hydroxyl groups excluding tert-OH is 1. The van der Waals surface area contributed by atoms with Crippen LogP contribution in [0.25, 0.3) is 10.8 Å². The summed E-state index contributed by atoms with van der Waals surface area (Å²) in [6.07, 6.45) is 16.2. The Kier molecular flexibility index (Phi) is 10.5. The van der Waals surface area contributed by atoms with Crippen LogP contribution in [-0.4, -0.2) is 69.1 Å². The van der Waals surface area contributed by atoms with Crippen molar-refractivity contribution in [3.63, 3.8) is 0 Å². The molecule has 5 rings (SSSR count). The van der Waals surface area contributed by atoms with Crippen LogP contribution >= 0.6 is 0 Å². The van der Waals surface area contributed by atoms with Crippen molar-refractivity contribution in [3.8, 4) is 29.6 Å². The Bertz CT molecular complexity index is 1960. The largest absolute Gasteiger partial charge is 0.507 e. The molecule has 3 aliphatic heterocycles. The van der Waals surface area contributed by atoms with Crippen LogP contribution in [0.5, 0.6) is 17.2 Å². The summed E-state index contributed by atoms with van der Waals surface area (Å²) in [5.41, 5.74) is -0.392. The third-order valence-corrected chi connectivity index (χ3v) is 9.87. The number of nitrogens with zero attached hydrogens (tertiary/aromatic N) is 3. The molecule has 11 nitrogen and oxygen atoms in total. The summed E-state index contributed by atoms with van der Waals surface area (Å²) < 4.78 is 12.0. The fraction of sp³-hybridized carbons (Fsp3) is 0.487. The van der Waals surface area contributed by atoms with Crippen LogP contribution in [0.3, 0.4) is 0 Å². The van der Waals surface area contributed by atoms with Crippen molar-refractivity contribution in [3.05, 3.63) is 58.0 Å². The van der Waals surface area contributed by atoms with E-state index >= 15 is 0 Å². The van der Waals surface area contributed by atoms with Crippen molar-refractivity contribution >= 4 is 28.2 Å². The highest BCUT2D eigenvalue weighted by atomic mass is 16.7. The lowest BCUT2D eigenvalue weighted by molar-refractivity contribution is -0.112. The van der Waals surface area contributed by atoms with E-state index in [4.69, 9.17) is 25.9 Å². The molecular weight excluding hydrogens is 636 g/mol. The number of hydrogen-bond acceptors (Lipinski definition) is 10. The number of piperidine rings is 1. The highest BCUT2D eigenvalue weighted by Crippen LogP contribution is 2.49. The molecule has 266 valence electrons. The van der Waals surface area contributed by atoms with Crippen molar-refractivity contribution in [2.75, 3.05) is 25.0 Å². The summed E-state index contributed by atoms with van der Waals surface area (Å²) in [6.45, 7) is 15.4. The van der Waals surface area contributed by atoms with Crippen molar-refractivity contribution in [2.24, 2.45) is 21.8 Å². The number of ether oxygens (including phenoxy) is 2. The maximum absolute atomic E-state index is 14.4. The lowest BCUT2D eigenvalue weighted by Gasteiger charge is -2.35. The second-order valence-corrected chi connectivity index (χ2v) is 13.9. The van der Waals surface area contributed by atoms with E-state index in [1.54, 1.807) is 38.2 Å². The van der Waals surface area contributed by atoms with Crippen molar-refractivity contribution in [1.82, 2.24) is 4.90 Å². The van der Waals surface area contributed by atoms with Crippen LogP contribution < -0.4 is 20.8 Å². The Balaban J connectivity index is 1.68. The van der Waals surface area contributed by atoms with E-state index in [9.17, 15) is 24.9 Å². The van der Waals surface area contributed by atoms with Gasteiger partial charge in [0.05, 0.1) is 28.7 Å². The standard InChI is InChI=1S/C39H48N4O7/c1-9-12-14-24(7)37(48)40-31-30-29(41-38(42-30)16-19-43(18-10-2)20-17-38)26-27(34(31)46)33(45)25(8)35-28(26)36(47)39(11-3,50-35)49-21-13-15-23(6)32(44)22(4)5/h3,9,12-14,21-23,32,44-46H,10,15-20H2,1-2,4-8H3,(H,40,48)/b12-9+,21-13+,24-14-/t23-,32+,39+/m1/s1. The van der Waals surface area contributed by atoms with Gasteiger partial charge in [-0.25, -0.2) is 0 Å². The molecule has 0 aromatic heterocycles. The zero-order chi connectivity index (χ0) is 36.5. The number of carbonyl (C=O) groups is 2. The van der Waals surface area contributed by atoms with Gasteiger partial charge in [0, 0.05) is 42.5 Å². The molecule has 50 heavy (non-hydrogen) atoms. The molecule has 11 heteroatoms. The molecule has 0 saturated carbocycles. The minimum absolute atomic E-state index is 0.00162. The minimum Gasteiger partial charge on any atom is -0.507 e. The van der Waals surface area contributed by atoms with Gasteiger partial charge in [-0.15, -0.1) is 6.42 Å². The van der Waals surface area contributed by atoms with Gasteiger partial charge < -0.3 is 35.0 Å². The van der Waals surface area contributed by atoms with E-state index in [1.807, 2.05) is 27.7 Å². The number of amides is 1. The average molecular weight is 685 g/mol. The molecule has 1 fully saturated rings. The average Bonchev–Trinajstić information content (AvgIpc) is 3.61. The first kappa shape index (κ1) is 36.6. The number of Topliss-reactive ketones (excluding diaryl/α,β-unsaturated/α-hetero) is 1. The summed E-state index contributed by atoms with van der Waals surface area (Å²) >= 11 is 0. The maximum atomic E-state index is 14.4. The number of allylic oxidation sites excluding steroid dienone is 4. The van der Waals surface area contributed by atoms with Gasteiger partial charge in [0.25, 0.3) is 11.7 Å². The SMILES string of the molecule is C#C[C@]1(O/C=C/C[C@@H](C)[C@@H](O)C(C)C)Oc2c(C)c(O)c3c(O)c(NC(=O)/C(C)=C\C=C\C)c4c(c3c2C1=O)=NC1(CCN(CCC)CC1)N=4. The van der Waals surface area contributed by atoms with E-state index < -0.39 is 35.0 Å². The fourth-order valence-electron chi connectivity index (χ4n) is 6.88. The smallest absolute Gasteiger partial charge is 0.383 e. The monoisotopic (exact) mass is 684 g/mol. The van der Waals surface area contributed by atoms with Gasteiger partial charge >= 0.3 is 5.79 Å². The van der Waals surface area contributed by atoms with Crippen LogP contribution in [0.1, 0.15) is 83.1 Å². The number of rotatable bonds is 11. The van der Waals surface area contributed by atoms with E-state index in [0.29, 0.717) is 24.8 Å². The molecular formula is C39H48N4O7. The second kappa shape index (κ2) is 14.3. The Morgan fingerprint density at radius 2 is 1.84 bits per heavy atom. The summed E-state index contributed by atoms with van der Waals surface area (Å²) in [5, 5.41) is 37.2. The molecule has 0 bridgehead atoms. The van der Waals surface area contributed by atoms with E-state index in [0.717, 1.165) is 26.1 Å². The van der Waals surface area contributed by atoms with Crippen molar-refractivity contribution in [2.45, 2.75) is 91.7 Å². The number of nitrogens with one attached hydrogen (secondary N) is 1. The van der Waals surface area contributed by atoms with Crippen molar-refractivity contribution < 1.29 is 34.4 Å². The predicted octanol–water partition coefficient (Wildman–Crippen LogP) is 4.95. The van der Waals surface area contributed by atoms with Crippen LogP contribution in [0.2, 0.25) is 0 Å². The molecule has 3 atom stereocenters. The van der Waals surface area contributed by atoms with Crippen LogP contribution in [0, 0.1) is 31.1 Å². The molecule has 3 heterocycles. The third kappa shape index (κ3) is 6.38. The number of ketones is 1. The number of phenolic OH excluding ortho intramolecular Hbond substituents is 2. The zero-order valence-electron chi connectivity index (χ0n) is 30.0. The van der Waals surface area contributed by atoms with Gasteiger partial charge in [-0.2, -0.15) is 0 Å². The fourth-order valence-corrected chi connectivity index (χ4v) is 6.88. The first-order valence-electron chi connectivity index (χ1n) is 17.3. The number of likely N-dealkylation sites (tertiary alicyclic amines) is 1. The number of terminal acetylenes is 1. The molecule has 0 aliphatic carbocycles. The van der Waals surface area contributed by atoms with Crippen LogP contribution in [0.15, 0.2) is 46.1 Å². The number of aromatic hydroxyl groups is 2. The molecule has 0 unspecified atom stereocenters. The molecule has 1 saturated heterocycles. The number of aliphatic hydroxyl groups is 1. The predicted molar refractivity (Wildman–Crippen MR) is 192 cm³/mol. The topological polar surface area (TPSA) is 153 Å². The number of anilines is 1. The Hall–Kier alpha value is -4.66. The lowest BCUT2D eigenvalue weighted by atomic mass is 9.92. The Morgan fingerprint density at radius 3 is 2.46 bits per heavy atom. The highest BCUT2D eigenvalue weighted by Gasteiger charge is 2.52. The van der Waals surface area contributed by atoms with Gasteiger partial charge in [-0.3, -0.25) is 19.6 Å². The van der Waals surface area contributed by atoms with E-state index in [-0.39, 0.29) is 61.6 Å². The van der Waals surface area contributed by atoms with Gasteiger partial charge in [-0.05, 0) is 64.0 Å². The minimum atomic E-state index is -2.20. The highest BCUT2D eigenvalue weighted by molar-refractivity contribution is 6.20. The molecule has 1 amide bonds. The van der Waals surface area contributed by atoms with Gasteiger partial charge in [0.1, 0.15) is 22.5 Å². The van der Waals surface area contributed by atoms with Gasteiger partial charge in [0.2, 0.25) is 0 Å². The number of hydrogen-bond donors (Lipinski definition) is 4. The number of fused-ring (bicyclic) bond motifs is 5. The van der Waals surface area contributed by atoms with Gasteiger partial charge in [-0.1, -0.05) is 45.9 Å². The summed E-state index contributed by atoms with van der Waals surface area (Å²) in [7, 11) is 0. The first-order chi connectivity index (χ1) is 23.7. The molecule has 0 radical (unpaired) electrons. The Labute approximate surface area is 293 Å². The third-order valence-electron chi connectivity index (χ3n) is 9.87. The molecule has 2 aromatic carbocycles. The first-order valence-corrected chi connectivity index (χ1v) is 17.3. The quantitative estimate of drug-likeness (QED) is 0.0853. The number of benzene rings is 2. The Morgan fingerprint density at radius 1 is 1.16 bits per heavy atom. The van der Waals surface area contributed by atoms with Gasteiger partial charge in [0.15, 0.2) is 11.4 Å². The lowest BCUT2D eigenvalue weighted by Crippen LogP contribution is -2.42. The molecule has 1 spiro atoms. The number of carbonyl (C=O) groups excluding carboxylic acids is 2. The van der Waals surface area contributed by atoms with E-state index in [2.05, 4.69) is 23.1 Å². The molecule has 2 aromatic rings. The summed E-state index contributed by atoms with van der Waals surface area (Å²) in [6, 6.07) is 0. The number of phenols is 2. The summed E-state index contributed by atoms with van der Waals surface area (Å²) in [4.78, 5) is 40.3. The molecule has 4 N–H and O–H groups in total. The second-order valence-electron chi connectivity index (χ2n) is 13.9. The zero-order valence-corrected chi connectivity index (χ0v) is 30.0. The van der Waals surface area contributed by atoms with Crippen molar-refractivity contribution in [1.29, 1.82) is 0 Å². The molecule has 3 aliphatic rings. The normalized spacial score (nSPS) is 21.2.